The van der Waals surface area contributed by atoms with E-state index in [1.807, 2.05) is 0 Å². The fourth-order valence-corrected chi connectivity index (χ4v) is 2.62. The van der Waals surface area contributed by atoms with Gasteiger partial charge in [-0.2, -0.15) is 0 Å². The molecule has 1 aliphatic heterocycles. The topological polar surface area (TPSA) is 49.8 Å². The first kappa shape index (κ1) is 9.93. The number of nitrogens with zero attached hydrogens (tertiary/aromatic N) is 1. The van der Waals surface area contributed by atoms with Gasteiger partial charge in [-0.1, -0.05) is 6.92 Å². The molecule has 14 heavy (non-hydrogen) atoms. The molecule has 0 aromatic heterocycles. The van der Waals surface area contributed by atoms with Crippen LogP contribution in [0.1, 0.15) is 13.3 Å². The maximum atomic E-state index is 10.9. The van der Waals surface area contributed by atoms with Crippen molar-refractivity contribution in [3.8, 4) is 0 Å². The molecule has 1 N–H and O–H groups in total. The lowest BCUT2D eigenvalue weighted by atomic mass is 9.70. The van der Waals surface area contributed by atoms with Crippen LogP contribution in [0.25, 0.3) is 0 Å². The summed E-state index contributed by atoms with van der Waals surface area (Å²) < 4.78 is 5.26. The minimum atomic E-state index is -0.639. The standard InChI is InChI=1S/C10H17NO3/c1-7-6-8(10(12)13)9(7)11-2-4-14-5-3-11/h7-9H,2-6H2,1H3,(H,12,13). The first-order valence-corrected chi connectivity index (χ1v) is 5.24. The van der Waals surface area contributed by atoms with Crippen molar-refractivity contribution in [2.24, 2.45) is 11.8 Å². The molecule has 4 nitrogen and oxygen atoms in total. The van der Waals surface area contributed by atoms with Gasteiger partial charge in [-0.15, -0.1) is 0 Å². The van der Waals surface area contributed by atoms with Gasteiger partial charge >= 0.3 is 5.97 Å². The van der Waals surface area contributed by atoms with Gasteiger partial charge in [-0.05, 0) is 12.3 Å². The lowest BCUT2D eigenvalue weighted by molar-refractivity contribution is -0.154. The van der Waals surface area contributed by atoms with E-state index in [0.29, 0.717) is 5.92 Å². The normalized spacial score (nSPS) is 39.1. The van der Waals surface area contributed by atoms with Crippen LogP contribution in [0.2, 0.25) is 0 Å². The molecule has 1 saturated carbocycles. The molecule has 0 aromatic carbocycles. The van der Waals surface area contributed by atoms with Gasteiger partial charge in [0.1, 0.15) is 0 Å². The average Bonchev–Trinajstić information content (AvgIpc) is 2.15. The van der Waals surface area contributed by atoms with Crippen LogP contribution in [0.4, 0.5) is 0 Å². The summed E-state index contributed by atoms with van der Waals surface area (Å²) in [5.74, 6) is -0.267. The number of carboxylic acids is 1. The van der Waals surface area contributed by atoms with Crippen molar-refractivity contribution in [3.05, 3.63) is 0 Å². The number of hydrogen-bond donors (Lipinski definition) is 1. The SMILES string of the molecule is CC1CC(C(=O)O)C1N1CCOCC1. The Bertz CT molecular complexity index is 225. The predicted octanol–water partition coefficient (Wildman–Crippen LogP) is 0.428. The van der Waals surface area contributed by atoms with Crippen molar-refractivity contribution in [2.45, 2.75) is 19.4 Å². The highest BCUT2D eigenvalue weighted by atomic mass is 16.5. The molecule has 3 unspecified atom stereocenters. The maximum Gasteiger partial charge on any atom is 0.308 e. The van der Waals surface area contributed by atoms with Crippen LogP contribution in [0.3, 0.4) is 0 Å². The lowest BCUT2D eigenvalue weighted by Gasteiger charge is -2.48. The van der Waals surface area contributed by atoms with E-state index in [9.17, 15) is 4.79 Å². The molecule has 0 aromatic rings. The summed E-state index contributed by atoms with van der Waals surface area (Å²) in [6, 6.07) is 0.247. The zero-order chi connectivity index (χ0) is 10.1. The zero-order valence-corrected chi connectivity index (χ0v) is 8.48. The molecule has 3 atom stereocenters. The van der Waals surface area contributed by atoms with E-state index in [4.69, 9.17) is 9.84 Å². The van der Waals surface area contributed by atoms with Crippen molar-refractivity contribution in [1.29, 1.82) is 0 Å². The molecular weight excluding hydrogens is 182 g/mol. The fourth-order valence-electron chi connectivity index (χ4n) is 2.62. The summed E-state index contributed by atoms with van der Waals surface area (Å²) in [7, 11) is 0. The highest BCUT2D eigenvalue weighted by molar-refractivity contribution is 5.72. The van der Waals surface area contributed by atoms with Crippen LogP contribution in [0.15, 0.2) is 0 Å². The Hall–Kier alpha value is -0.610. The highest BCUT2D eigenvalue weighted by Gasteiger charge is 2.46. The molecular formula is C10H17NO3. The van der Waals surface area contributed by atoms with Crippen molar-refractivity contribution in [2.75, 3.05) is 26.3 Å². The van der Waals surface area contributed by atoms with Crippen LogP contribution in [-0.4, -0.2) is 48.3 Å². The zero-order valence-electron chi connectivity index (χ0n) is 8.48. The van der Waals surface area contributed by atoms with Gasteiger partial charge in [0.2, 0.25) is 0 Å². The van der Waals surface area contributed by atoms with Crippen molar-refractivity contribution in [1.82, 2.24) is 4.90 Å². The Balaban J connectivity index is 1.96. The van der Waals surface area contributed by atoms with E-state index >= 15 is 0 Å². The van der Waals surface area contributed by atoms with Gasteiger partial charge in [-0.3, -0.25) is 9.69 Å². The van der Waals surface area contributed by atoms with E-state index in [2.05, 4.69) is 11.8 Å². The third kappa shape index (κ3) is 1.64. The Morgan fingerprint density at radius 1 is 1.43 bits per heavy atom. The smallest absolute Gasteiger partial charge is 0.308 e. The van der Waals surface area contributed by atoms with Crippen molar-refractivity contribution in [3.63, 3.8) is 0 Å². The first-order chi connectivity index (χ1) is 6.70. The second-order valence-electron chi connectivity index (χ2n) is 4.30. The summed E-state index contributed by atoms with van der Waals surface area (Å²) in [5.41, 5.74) is 0. The van der Waals surface area contributed by atoms with Gasteiger partial charge in [0.15, 0.2) is 0 Å². The van der Waals surface area contributed by atoms with Crippen LogP contribution in [0.5, 0.6) is 0 Å². The third-order valence-electron chi connectivity index (χ3n) is 3.41. The van der Waals surface area contributed by atoms with Crippen molar-refractivity contribution >= 4 is 5.97 Å². The van der Waals surface area contributed by atoms with E-state index in [0.717, 1.165) is 32.7 Å². The molecule has 2 aliphatic rings. The molecule has 1 saturated heterocycles. The summed E-state index contributed by atoms with van der Waals surface area (Å²) >= 11 is 0. The molecule has 2 rings (SSSR count). The summed E-state index contributed by atoms with van der Waals surface area (Å²) in [5, 5.41) is 8.99. The minimum absolute atomic E-state index is 0.150. The summed E-state index contributed by atoms with van der Waals surface area (Å²) in [6.07, 6.45) is 0.831. The monoisotopic (exact) mass is 199 g/mol. The molecule has 0 radical (unpaired) electrons. The Labute approximate surface area is 83.8 Å². The Morgan fingerprint density at radius 3 is 2.57 bits per heavy atom. The molecule has 0 bridgehead atoms. The molecule has 4 heteroatoms. The largest absolute Gasteiger partial charge is 0.481 e. The van der Waals surface area contributed by atoms with Gasteiger partial charge in [0, 0.05) is 19.1 Å². The molecule has 0 spiro atoms. The third-order valence-corrected chi connectivity index (χ3v) is 3.41. The number of ether oxygens (including phenoxy) is 1. The molecule has 80 valence electrons. The van der Waals surface area contributed by atoms with E-state index in [1.165, 1.54) is 0 Å². The molecule has 2 fully saturated rings. The van der Waals surface area contributed by atoms with Gasteiger partial charge in [0.05, 0.1) is 19.1 Å². The number of aliphatic carboxylic acids is 1. The quantitative estimate of drug-likeness (QED) is 0.700. The Kier molecular flexibility index (Phi) is 2.74. The highest BCUT2D eigenvalue weighted by Crippen LogP contribution is 2.38. The van der Waals surface area contributed by atoms with Crippen molar-refractivity contribution < 1.29 is 14.6 Å². The summed E-state index contributed by atoms with van der Waals surface area (Å²) in [6.45, 7) is 5.41. The van der Waals surface area contributed by atoms with Crippen LogP contribution in [0, 0.1) is 11.8 Å². The number of carbonyl (C=O) groups is 1. The second kappa shape index (κ2) is 3.87. The number of rotatable bonds is 2. The van der Waals surface area contributed by atoms with E-state index in [1.54, 1.807) is 0 Å². The Morgan fingerprint density at radius 2 is 2.07 bits per heavy atom. The average molecular weight is 199 g/mol. The van der Waals surface area contributed by atoms with E-state index < -0.39 is 5.97 Å². The molecule has 1 aliphatic carbocycles. The van der Waals surface area contributed by atoms with Crippen LogP contribution in [-0.2, 0) is 9.53 Å². The second-order valence-corrected chi connectivity index (χ2v) is 4.30. The maximum absolute atomic E-state index is 10.9. The van der Waals surface area contributed by atoms with Crippen LogP contribution >= 0.6 is 0 Å². The van der Waals surface area contributed by atoms with Gasteiger partial charge < -0.3 is 9.84 Å². The van der Waals surface area contributed by atoms with Gasteiger partial charge in [0.25, 0.3) is 0 Å². The van der Waals surface area contributed by atoms with Crippen LogP contribution < -0.4 is 0 Å². The summed E-state index contributed by atoms with van der Waals surface area (Å²) in [4.78, 5) is 13.2. The van der Waals surface area contributed by atoms with E-state index in [-0.39, 0.29) is 12.0 Å². The number of hydrogen-bond acceptors (Lipinski definition) is 3. The minimum Gasteiger partial charge on any atom is -0.481 e. The van der Waals surface area contributed by atoms with Gasteiger partial charge in [-0.25, -0.2) is 0 Å². The number of morpholine rings is 1. The lowest BCUT2D eigenvalue weighted by Crippen LogP contribution is -2.58. The molecule has 1 heterocycles. The number of carboxylic acid groups (broad SMARTS) is 1. The predicted molar refractivity (Wildman–Crippen MR) is 51.1 cm³/mol. The first-order valence-electron chi connectivity index (χ1n) is 5.24. The molecule has 0 amide bonds. The fraction of sp³-hybridized carbons (Fsp3) is 0.900.